The van der Waals surface area contributed by atoms with Crippen molar-refractivity contribution < 1.29 is 9.53 Å². The monoisotopic (exact) mass is 169 g/mol. The molecule has 68 valence electrons. The second-order valence-corrected chi connectivity index (χ2v) is 4.77. The van der Waals surface area contributed by atoms with Crippen molar-refractivity contribution in [2.45, 2.75) is 38.7 Å². The third-order valence-corrected chi connectivity index (χ3v) is 2.92. The Morgan fingerprint density at radius 2 is 2.17 bits per heavy atom. The molecule has 0 bridgehead atoms. The van der Waals surface area contributed by atoms with Crippen molar-refractivity contribution in [3.8, 4) is 0 Å². The van der Waals surface area contributed by atoms with Crippen LogP contribution < -0.4 is 5.32 Å². The second kappa shape index (κ2) is 2.15. The zero-order valence-electron chi connectivity index (χ0n) is 7.64. The zero-order valence-corrected chi connectivity index (χ0v) is 7.64. The Morgan fingerprint density at radius 1 is 1.42 bits per heavy atom. The van der Waals surface area contributed by atoms with Gasteiger partial charge in [0.15, 0.2) is 0 Å². The molecule has 0 aromatic heterocycles. The maximum atomic E-state index is 10.9. The summed E-state index contributed by atoms with van der Waals surface area (Å²) in [6, 6.07) is 0. The molecule has 2 fully saturated rings. The average Bonchev–Trinajstić information content (AvgIpc) is 2.41. The van der Waals surface area contributed by atoms with E-state index in [1.54, 1.807) is 0 Å². The van der Waals surface area contributed by atoms with Gasteiger partial charge in [0.2, 0.25) is 0 Å². The van der Waals surface area contributed by atoms with Gasteiger partial charge >= 0.3 is 6.09 Å². The first-order valence-corrected chi connectivity index (χ1v) is 4.48. The topological polar surface area (TPSA) is 38.3 Å². The first-order chi connectivity index (χ1) is 5.52. The van der Waals surface area contributed by atoms with Gasteiger partial charge in [-0.3, -0.25) is 0 Å². The van der Waals surface area contributed by atoms with Crippen LogP contribution in [0.2, 0.25) is 0 Å². The molecular weight excluding hydrogens is 154 g/mol. The molecule has 1 aliphatic carbocycles. The molecule has 1 aliphatic heterocycles. The lowest BCUT2D eigenvalue weighted by Gasteiger charge is -2.22. The van der Waals surface area contributed by atoms with E-state index in [-0.39, 0.29) is 11.7 Å². The van der Waals surface area contributed by atoms with Crippen molar-refractivity contribution in [3.63, 3.8) is 0 Å². The Bertz CT molecular complexity index is 225. The van der Waals surface area contributed by atoms with Crippen molar-refractivity contribution in [3.05, 3.63) is 0 Å². The van der Waals surface area contributed by atoms with Gasteiger partial charge in [0.25, 0.3) is 0 Å². The molecule has 12 heavy (non-hydrogen) atoms. The van der Waals surface area contributed by atoms with Crippen LogP contribution in [0.5, 0.6) is 0 Å². The van der Waals surface area contributed by atoms with Crippen LogP contribution in [-0.4, -0.2) is 18.2 Å². The third kappa shape index (κ3) is 1.17. The highest BCUT2D eigenvalue weighted by atomic mass is 16.6. The fourth-order valence-corrected chi connectivity index (χ4v) is 2.36. The van der Waals surface area contributed by atoms with E-state index in [9.17, 15) is 4.79 Å². The summed E-state index contributed by atoms with van der Waals surface area (Å²) in [6.07, 6.45) is 2.92. The summed E-state index contributed by atoms with van der Waals surface area (Å²) in [5, 5.41) is 2.73. The molecule has 3 nitrogen and oxygen atoms in total. The van der Waals surface area contributed by atoms with Crippen LogP contribution in [0, 0.1) is 5.41 Å². The Kier molecular flexibility index (Phi) is 1.41. The highest BCUT2D eigenvalue weighted by Crippen LogP contribution is 2.46. The second-order valence-electron chi connectivity index (χ2n) is 4.77. The molecule has 3 heteroatoms. The number of rotatable bonds is 0. The number of ether oxygens (including phenoxy) is 1. The molecule has 1 heterocycles. The Hall–Kier alpha value is -0.730. The van der Waals surface area contributed by atoms with Gasteiger partial charge in [-0.15, -0.1) is 0 Å². The number of amides is 1. The summed E-state index contributed by atoms with van der Waals surface area (Å²) < 4.78 is 5.30. The van der Waals surface area contributed by atoms with Gasteiger partial charge in [0.05, 0.1) is 6.54 Å². The van der Waals surface area contributed by atoms with Gasteiger partial charge in [-0.2, -0.15) is 0 Å². The minimum absolute atomic E-state index is 0.166. The van der Waals surface area contributed by atoms with Crippen molar-refractivity contribution in [1.29, 1.82) is 0 Å². The van der Waals surface area contributed by atoms with Gasteiger partial charge in [0.1, 0.15) is 5.60 Å². The molecular formula is C9H15NO2. The van der Waals surface area contributed by atoms with Crippen molar-refractivity contribution >= 4 is 6.09 Å². The molecule has 1 saturated carbocycles. The lowest BCUT2D eigenvalue weighted by atomic mass is 9.89. The van der Waals surface area contributed by atoms with Crippen LogP contribution >= 0.6 is 0 Å². The number of hydrogen-bond acceptors (Lipinski definition) is 2. The van der Waals surface area contributed by atoms with Crippen molar-refractivity contribution in [1.82, 2.24) is 5.32 Å². The summed E-state index contributed by atoms with van der Waals surface area (Å²) in [6.45, 7) is 5.16. The van der Waals surface area contributed by atoms with Gasteiger partial charge in [-0.25, -0.2) is 4.79 Å². The Labute approximate surface area is 72.5 Å². The highest BCUT2D eigenvalue weighted by Gasteiger charge is 2.49. The van der Waals surface area contributed by atoms with Crippen LogP contribution in [0.15, 0.2) is 0 Å². The van der Waals surface area contributed by atoms with Crippen LogP contribution in [0.3, 0.4) is 0 Å². The highest BCUT2D eigenvalue weighted by molar-refractivity contribution is 5.70. The van der Waals surface area contributed by atoms with Crippen LogP contribution in [0.4, 0.5) is 4.79 Å². The standard InChI is InChI=1S/C9H15NO2/c1-8(2)3-4-9(5-8)6-10-7(11)12-9/h3-6H2,1-2H3,(H,10,11). The summed E-state index contributed by atoms with van der Waals surface area (Å²) in [4.78, 5) is 10.9. The molecule has 2 rings (SSSR count). The normalized spacial score (nSPS) is 38.3. The number of carbonyl (C=O) groups is 1. The van der Waals surface area contributed by atoms with E-state index in [0.717, 1.165) is 19.3 Å². The minimum Gasteiger partial charge on any atom is -0.441 e. The number of carbonyl (C=O) groups excluding carboxylic acids is 1. The predicted molar refractivity (Wildman–Crippen MR) is 44.8 cm³/mol. The van der Waals surface area contributed by atoms with Crippen molar-refractivity contribution in [2.75, 3.05) is 6.54 Å². The van der Waals surface area contributed by atoms with E-state index in [1.165, 1.54) is 0 Å². The van der Waals surface area contributed by atoms with Crippen molar-refractivity contribution in [2.24, 2.45) is 5.41 Å². The summed E-state index contributed by atoms with van der Waals surface area (Å²) in [5.41, 5.74) is 0.173. The first kappa shape index (κ1) is 7.90. The minimum atomic E-state index is -0.243. The van der Waals surface area contributed by atoms with E-state index in [1.807, 2.05) is 0 Å². The molecule has 1 spiro atoms. The fraction of sp³-hybridized carbons (Fsp3) is 0.889. The third-order valence-electron chi connectivity index (χ3n) is 2.92. The van der Waals surface area contributed by atoms with Crippen LogP contribution in [-0.2, 0) is 4.74 Å². The molecule has 1 unspecified atom stereocenters. The molecule has 0 aromatic carbocycles. The Balaban J connectivity index is 2.11. The molecule has 2 aliphatic rings. The maximum Gasteiger partial charge on any atom is 0.407 e. The van der Waals surface area contributed by atoms with Gasteiger partial charge in [-0.05, 0) is 24.7 Å². The van der Waals surface area contributed by atoms with Gasteiger partial charge < -0.3 is 10.1 Å². The summed E-state index contributed by atoms with van der Waals surface area (Å²) >= 11 is 0. The molecule has 0 radical (unpaired) electrons. The van der Waals surface area contributed by atoms with E-state index in [2.05, 4.69) is 19.2 Å². The SMILES string of the molecule is CC1(C)CCC2(CNC(=O)O2)C1. The van der Waals surface area contributed by atoms with E-state index < -0.39 is 0 Å². The number of hydrogen-bond donors (Lipinski definition) is 1. The number of nitrogens with one attached hydrogen (secondary N) is 1. The van der Waals surface area contributed by atoms with Crippen LogP contribution in [0.25, 0.3) is 0 Å². The molecule has 1 atom stereocenters. The maximum absolute atomic E-state index is 10.9. The average molecular weight is 169 g/mol. The number of alkyl carbamates (subject to hydrolysis) is 1. The first-order valence-electron chi connectivity index (χ1n) is 4.48. The molecule has 1 amide bonds. The fourth-order valence-electron chi connectivity index (χ4n) is 2.36. The zero-order chi connectivity index (χ0) is 8.82. The lowest BCUT2D eigenvalue weighted by molar-refractivity contribution is 0.0545. The van der Waals surface area contributed by atoms with Gasteiger partial charge in [0, 0.05) is 0 Å². The van der Waals surface area contributed by atoms with Gasteiger partial charge in [-0.1, -0.05) is 13.8 Å². The Morgan fingerprint density at radius 3 is 2.58 bits per heavy atom. The summed E-state index contributed by atoms with van der Waals surface area (Å²) in [7, 11) is 0. The van der Waals surface area contributed by atoms with E-state index in [0.29, 0.717) is 12.0 Å². The lowest BCUT2D eigenvalue weighted by Crippen LogP contribution is -2.30. The quantitative estimate of drug-likeness (QED) is 0.599. The summed E-state index contributed by atoms with van der Waals surface area (Å²) in [5.74, 6) is 0. The predicted octanol–water partition coefficient (Wildman–Crippen LogP) is 1.68. The molecule has 1 saturated heterocycles. The molecule has 1 N–H and O–H groups in total. The van der Waals surface area contributed by atoms with E-state index >= 15 is 0 Å². The largest absolute Gasteiger partial charge is 0.441 e. The smallest absolute Gasteiger partial charge is 0.407 e. The van der Waals surface area contributed by atoms with Crippen LogP contribution in [0.1, 0.15) is 33.1 Å². The molecule has 0 aromatic rings. The van der Waals surface area contributed by atoms with E-state index in [4.69, 9.17) is 4.74 Å².